The summed E-state index contributed by atoms with van der Waals surface area (Å²) in [6.45, 7) is -0.144. The number of nitrogens with zero attached hydrogens (tertiary/aromatic N) is 4. The van der Waals surface area contributed by atoms with Crippen molar-refractivity contribution in [3.63, 3.8) is 0 Å². The average Bonchev–Trinajstić information content (AvgIpc) is 1.70. The minimum atomic E-state index is -0.144. The Morgan fingerprint density at radius 1 is 0.205 bits per heavy atom. The van der Waals surface area contributed by atoms with Gasteiger partial charge in [0.1, 0.15) is 0 Å². The Labute approximate surface area is 474 Å². The van der Waals surface area contributed by atoms with Crippen LogP contribution in [0.15, 0.2) is 261 Å². The topological polar surface area (TPSA) is 19.7 Å². The lowest BCUT2D eigenvalue weighted by molar-refractivity contribution is 1.14. The third-order valence-electron chi connectivity index (χ3n) is 19.6. The van der Waals surface area contributed by atoms with Gasteiger partial charge in [-0.3, -0.25) is 0 Å². The molecule has 0 fully saturated rings. The van der Waals surface area contributed by atoms with Crippen LogP contribution in [-0.4, -0.2) is 25.0 Å². The fourth-order valence-electron chi connectivity index (χ4n) is 16.5. The lowest BCUT2D eigenvalue weighted by Crippen LogP contribution is -2.59. The molecule has 0 radical (unpaired) electrons. The molecule has 5 heteroatoms. The van der Waals surface area contributed by atoms with E-state index in [0.717, 1.165) is 11.4 Å². The first-order chi connectivity index (χ1) is 41.2. The Bertz CT molecular complexity index is 6160. The van der Waals surface area contributed by atoms with E-state index in [1.807, 2.05) is 0 Å². The molecule has 0 amide bonds. The van der Waals surface area contributed by atoms with Crippen LogP contribution in [-0.2, 0) is 0 Å². The van der Waals surface area contributed by atoms with Crippen molar-refractivity contribution >= 4 is 175 Å². The largest absolute Gasteiger partial charge is 0.310 e. The Morgan fingerprint density at radius 3 is 1.14 bits per heavy atom. The van der Waals surface area contributed by atoms with Gasteiger partial charge in [0.15, 0.2) is 0 Å². The maximum atomic E-state index is 2.69. The Balaban J connectivity index is 0.983. The number of fused-ring (bicyclic) bond motifs is 29. The van der Waals surface area contributed by atoms with Gasteiger partial charge in [0.05, 0.1) is 38.6 Å². The molecule has 4 aromatic heterocycles. The van der Waals surface area contributed by atoms with Crippen LogP contribution < -0.4 is 16.4 Å². The highest BCUT2D eigenvalue weighted by molar-refractivity contribution is 7.02. The summed E-state index contributed by atoms with van der Waals surface area (Å²) in [6, 6.07) is 99.3. The molecule has 378 valence electrons. The highest BCUT2D eigenvalue weighted by Gasteiger charge is 2.43. The van der Waals surface area contributed by atoms with Gasteiger partial charge in [0.2, 0.25) is 0 Å². The van der Waals surface area contributed by atoms with E-state index in [1.54, 1.807) is 0 Å². The second-order valence-electron chi connectivity index (χ2n) is 23.4. The van der Waals surface area contributed by atoms with Crippen molar-refractivity contribution in [2.24, 2.45) is 0 Å². The molecule has 15 aromatic carbocycles. The zero-order chi connectivity index (χ0) is 53.5. The third-order valence-corrected chi connectivity index (χ3v) is 19.6. The summed E-state index contributed by atoms with van der Waals surface area (Å²) in [5, 5.41) is 25.5. The van der Waals surface area contributed by atoms with E-state index >= 15 is 0 Å². The summed E-state index contributed by atoms with van der Waals surface area (Å²) < 4.78 is 10.4. The second kappa shape index (κ2) is 15.1. The number of aromatic nitrogens is 4. The Hall–Kier alpha value is -10.9. The molecule has 2 aliphatic rings. The van der Waals surface area contributed by atoms with Crippen molar-refractivity contribution in [1.82, 2.24) is 18.3 Å². The first-order valence-corrected chi connectivity index (χ1v) is 29.0. The molecule has 0 saturated heterocycles. The monoisotopic (exact) mass is 1050 g/mol. The zero-order valence-electron chi connectivity index (χ0n) is 44.7. The normalized spacial score (nSPS) is 13.0. The highest BCUT2D eigenvalue weighted by Crippen LogP contribution is 2.48. The molecule has 19 aromatic rings. The Morgan fingerprint density at radius 2 is 0.590 bits per heavy atom. The summed E-state index contributed by atoms with van der Waals surface area (Å²) in [4.78, 5) is 0. The van der Waals surface area contributed by atoms with E-state index in [0.29, 0.717) is 0 Å². The summed E-state index contributed by atoms with van der Waals surface area (Å²) >= 11 is 0. The van der Waals surface area contributed by atoms with Gasteiger partial charge in [-0.1, -0.05) is 176 Å². The molecular formula is C78H43BN4. The molecule has 2 aliphatic heterocycles. The van der Waals surface area contributed by atoms with Crippen LogP contribution in [0.1, 0.15) is 0 Å². The molecule has 4 nitrogen and oxygen atoms in total. The van der Waals surface area contributed by atoms with Gasteiger partial charge in [-0.2, -0.15) is 0 Å². The van der Waals surface area contributed by atoms with Crippen molar-refractivity contribution < 1.29 is 0 Å². The smallest absolute Gasteiger partial charge is 0.253 e. The molecule has 83 heavy (non-hydrogen) atoms. The molecule has 0 N–H and O–H groups in total. The van der Waals surface area contributed by atoms with Gasteiger partial charge in [0.25, 0.3) is 6.71 Å². The molecule has 0 spiro atoms. The molecule has 6 heterocycles. The zero-order valence-corrected chi connectivity index (χ0v) is 44.7. The average molecular weight is 1050 g/mol. The van der Waals surface area contributed by atoms with Crippen LogP contribution in [0, 0.1) is 0 Å². The molecule has 0 saturated carbocycles. The predicted octanol–water partition coefficient (Wildman–Crippen LogP) is 18.1. The van der Waals surface area contributed by atoms with Crippen LogP contribution in [0.25, 0.3) is 175 Å². The van der Waals surface area contributed by atoms with Crippen molar-refractivity contribution in [2.45, 2.75) is 0 Å². The van der Waals surface area contributed by atoms with E-state index in [1.165, 1.54) is 180 Å². The van der Waals surface area contributed by atoms with Gasteiger partial charge >= 0.3 is 0 Å². The van der Waals surface area contributed by atoms with E-state index in [4.69, 9.17) is 0 Å². The predicted molar refractivity (Wildman–Crippen MR) is 353 cm³/mol. The first-order valence-electron chi connectivity index (χ1n) is 29.0. The maximum absolute atomic E-state index is 2.69. The quantitative estimate of drug-likeness (QED) is 0.121. The van der Waals surface area contributed by atoms with E-state index < -0.39 is 0 Å². The minimum absolute atomic E-state index is 0.144. The molecule has 21 rings (SSSR count). The molecular weight excluding hydrogens is 1000 g/mol. The molecule has 0 aliphatic carbocycles. The van der Waals surface area contributed by atoms with Crippen LogP contribution in [0.4, 0.5) is 0 Å². The highest BCUT2D eigenvalue weighted by atomic mass is 15.0. The number of benzene rings is 15. The van der Waals surface area contributed by atoms with E-state index in [-0.39, 0.29) is 6.71 Å². The number of rotatable bonds is 2. The number of hydrogen-bond acceptors (Lipinski definition) is 0. The van der Waals surface area contributed by atoms with Crippen LogP contribution in [0.2, 0.25) is 0 Å². The van der Waals surface area contributed by atoms with Crippen LogP contribution in [0.3, 0.4) is 0 Å². The summed E-state index contributed by atoms with van der Waals surface area (Å²) in [6.07, 6.45) is 0. The van der Waals surface area contributed by atoms with Gasteiger partial charge in [-0.25, -0.2) is 0 Å². The lowest BCUT2D eigenvalue weighted by atomic mass is 9.33. The molecule has 0 bridgehead atoms. The molecule has 0 atom stereocenters. The number of hydrogen-bond donors (Lipinski definition) is 0. The van der Waals surface area contributed by atoms with Crippen molar-refractivity contribution in [3.8, 4) is 22.7 Å². The maximum Gasteiger partial charge on any atom is 0.253 e. The fraction of sp³-hybridized carbons (Fsp3) is 0. The van der Waals surface area contributed by atoms with E-state index in [2.05, 4.69) is 279 Å². The van der Waals surface area contributed by atoms with Gasteiger partial charge < -0.3 is 18.3 Å². The summed E-state index contributed by atoms with van der Waals surface area (Å²) in [5.74, 6) is 0. The number of para-hydroxylation sites is 4. The van der Waals surface area contributed by atoms with Gasteiger partial charge in [-0.05, 0) is 166 Å². The SMILES string of the molecule is c1cc2c3c(c1)-n1c4cc5c6ccccc6c6ccccc6c5cc4c4cc5c6ccccc6c6ccccc6c5c(c41)B3c1cc(-n3c4ccccc4c4ccccc43)cc3c4cc(-n5c6ccccc6c6ccccc65)ccc4n-2c13. The van der Waals surface area contributed by atoms with E-state index in [9.17, 15) is 0 Å². The van der Waals surface area contributed by atoms with Crippen molar-refractivity contribution in [3.05, 3.63) is 261 Å². The first kappa shape index (κ1) is 43.0. The van der Waals surface area contributed by atoms with Crippen LogP contribution >= 0.6 is 0 Å². The molecule has 0 unspecified atom stereocenters. The summed E-state index contributed by atoms with van der Waals surface area (Å²) in [7, 11) is 0. The van der Waals surface area contributed by atoms with Gasteiger partial charge in [-0.15, -0.1) is 0 Å². The Kier molecular flexibility index (Phi) is 7.83. The second-order valence-corrected chi connectivity index (χ2v) is 23.4. The standard InChI is InChI=1S/C78H43BN4/c1-4-22-50-46(18-1)47-19-2-5-23-51(47)59-43-73-61(41-58(50)59)64-42-62-52-24-6-3-20-48(52)49-21-7-8-29-57(49)74(62)76-78(64)83(73)72-35-17-34-71-75(72)79(76)65-40-45(81-68-32-15-11-27-55(68)56-28-12-16-33-69(56)81)39-63-60-38-44(36-37-70(60)82(71)77(63)65)80-66-30-13-9-25-53(66)54-26-10-14-31-67(54)80/h1-43H. The van der Waals surface area contributed by atoms with Crippen molar-refractivity contribution in [1.29, 1.82) is 0 Å². The third kappa shape index (κ3) is 5.18. The van der Waals surface area contributed by atoms with Gasteiger partial charge in [0, 0.05) is 71.4 Å². The van der Waals surface area contributed by atoms with Crippen LogP contribution in [0.5, 0.6) is 0 Å². The summed E-state index contributed by atoms with van der Waals surface area (Å²) in [5.41, 5.74) is 18.6. The minimum Gasteiger partial charge on any atom is -0.310 e. The fourth-order valence-corrected chi connectivity index (χ4v) is 16.5. The van der Waals surface area contributed by atoms with Crippen molar-refractivity contribution in [2.75, 3.05) is 0 Å². The lowest BCUT2D eigenvalue weighted by Gasteiger charge is -2.35.